The molecule has 0 aliphatic carbocycles. The minimum Gasteiger partial charge on any atom is -0.352 e. The Morgan fingerprint density at radius 1 is 1.35 bits per heavy atom. The summed E-state index contributed by atoms with van der Waals surface area (Å²) >= 11 is 6.03. The first-order valence-corrected chi connectivity index (χ1v) is 7.42. The van der Waals surface area contributed by atoms with Crippen molar-refractivity contribution in [2.75, 3.05) is 24.5 Å². The number of fused-ring (bicyclic) bond motifs is 1. The number of nitrogens with one attached hydrogen (secondary N) is 1. The van der Waals surface area contributed by atoms with E-state index < -0.39 is 0 Å². The fourth-order valence-corrected chi connectivity index (χ4v) is 2.73. The van der Waals surface area contributed by atoms with Gasteiger partial charge in [-0.2, -0.15) is 0 Å². The van der Waals surface area contributed by atoms with Crippen LogP contribution in [0.2, 0.25) is 5.02 Å². The first-order chi connectivity index (χ1) is 9.63. The van der Waals surface area contributed by atoms with Gasteiger partial charge in [0, 0.05) is 30.7 Å². The van der Waals surface area contributed by atoms with Gasteiger partial charge in [-0.3, -0.25) is 4.98 Å². The molecule has 2 heterocycles. The van der Waals surface area contributed by atoms with Crippen LogP contribution in [0.4, 0.5) is 5.82 Å². The zero-order valence-corrected chi connectivity index (χ0v) is 12.6. The zero-order chi connectivity index (χ0) is 14.1. The Labute approximate surface area is 124 Å². The third-order valence-electron chi connectivity index (χ3n) is 3.83. The highest BCUT2D eigenvalue weighted by Crippen LogP contribution is 2.20. The van der Waals surface area contributed by atoms with Crippen molar-refractivity contribution >= 4 is 28.5 Å². The average molecular weight is 291 g/mol. The van der Waals surface area contributed by atoms with E-state index >= 15 is 0 Å². The second-order valence-corrected chi connectivity index (χ2v) is 6.05. The van der Waals surface area contributed by atoms with E-state index in [2.05, 4.69) is 29.0 Å². The molecule has 0 spiro atoms. The summed E-state index contributed by atoms with van der Waals surface area (Å²) in [5.74, 6) is 1.55. The number of nitrogens with zero attached hydrogens (tertiary/aromatic N) is 3. The summed E-state index contributed by atoms with van der Waals surface area (Å²) in [6.45, 7) is 7.40. The van der Waals surface area contributed by atoms with Gasteiger partial charge in [0.2, 0.25) is 0 Å². The minimum absolute atomic E-state index is 0.501. The van der Waals surface area contributed by atoms with Gasteiger partial charge < -0.3 is 10.2 Å². The lowest BCUT2D eigenvalue weighted by Crippen LogP contribution is -2.53. The summed E-state index contributed by atoms with van der Waals surface area (Å²) in [6.07, 6.45) is 1.86. The number of anilines is 1. The van der Waals surface area contributed by atoms with Crippen LogP contribution in [-0.2, 0) is 0 Å². The Balaban J connectivity index is 1.89. The predicted molar refractivity (Wildman–Crippen MR) is 83.4 cm³/mol. The molecule has 20 heavy (non-hydrogen) atoms. The van der Waals surface area contributed by atoms with Gasteiger partial charge in [-0.15, -0.1) is 0 Å². The molecule has 0 saturated carbocycles. The largest absolute Gasteiger partial charge is 0.352 e. The quantitative estimate of drug-likeness (QED) is 0.923. The number of halogens is 1. The molecule has 1 fully saturated rings. The topological polar surface area (TPSA) is 41.1 Å². The maximum Gasteiger partial charge on any atom is 0.147 e. The van der Waals surface area contributed by atoms with Gasteiger partial charge in [0.1, 0.15) is 5.82 Å². The van der Waals surface area contributed by atoms with Crippen molar-refractivity contribution in [1.29, 1.82) is 0 Å². The molecule has 1 saturated heterocycles. The molecule has 2 aromatic rings. The van der Waals surface area contributed by atoms with Crippen LogP contribution < -0.4 is 10.2 Å². The van der Waals surface area contributed by atoms with Gasteiger partial charge in [0.25, 0.3) is 0 Å². The maximum atomic E-state index is 6.03. The number of rotatable bonds is 2. The predicted octanol–water partition coefficient (Wildman–Crippen LogP) is 2.72. The standard InChI is InChI=1S/C15H19ClN4/c1-10(2)14-9-20(6-5-17-14)15-8-18-12-4-3-11(16)7-13(12)19-15/h3-4,7-8,10,14,17H,5-6,9H2,1-2H3/t14-/m0/s1. The lowest BCUT2D eigenvalue weighted by atomic mass is 10.0. The zero-order valence-electron chi connectivity index (χ0n) is 11.8. The summed E-state index contributed by atoms with van der Waals surface area (Å²) in [5.41, 5.74) is 1.74. The normalized spacial score (nSPS) is 19.8. The number of hydrogen-bond acceptors (Lipinski definition) is 4. The van der Waals surface area contributed by atoms with Crippen molar-refractivity contribution in [2.45, 2.75) is 19.9 Å². The van der Waals surface area contributed by atoms with Crippen molar-refractivity contribution in [3.63, 3.8) is 0 Å². The number of hydrogen-bond donors (Lipinski definition) is 1. The Morgan fingerprint density at radius 3 is 3.00 bits per heavy atom. The monoisotopic (exact) mass is 290 g/mol. The molecule has 0 unspecified atom stereocenters. The molecule has 1 aliphatic rings. The van der Waals surface area contributed by atoms with Crippen LogP contribution in [0.3, 0.4) is 0 Å². The number of benzene rings is 1. The molecule has 0 bridgehead atoms. The molecule has 1 aromatic heterocycles. The summed E-state index contributed by atoms with van der Waals surface area (Å²) in [7, 11) is 0. The van der Waals surface area contributed by atoms with Gasteiger partial charge >= 0.3 is 0 Å². The molecule has 4 nitrogen and oxygen atoms in total. The second kappa shape index (κ2) is 5.54. The van der Waals surface area contributed by atoms with Crippen LogP contribution in [0.15, 0.2) is 24.4 Å². The lowest BCUT2D eigenvalue weighted by molar-refractivity contribution is 0.367. The van der Waals surface area contributed by atoms with Crippen molar-refractivity contribution in [3.05, 3.63) is 29.4 Å². The highest BCUT2D eigenvalue weighted by atomic mass is 35.5. The summed E-state index contributed by atoms with van der Waals surface area (Å²) < 4.78 is 0. The van der Waals surface area contributed by atoms with E-state index in [1.54, 1.807) is 0 Å². The van der Waals surface area contributed by atoms with E-state index in [0.29, 0.717) is 17.0 Å². The Kier molecular flexibility index (Phi) is 3.76. The molecular formula is C15H19ClN4. The molecule has 1 aliphatic heterocycles. The third-order valence-corrected chi connectivity index (χ3v) is 4.06. The fourth-order valence-electron chi connectivity index (χ4n) is 2.56. The lowest BCUT2D eigenvalue weighted by Gasteiger charge is -2.36. The Bertz CT molecular complexity index is 614. The molecule has 5 heteroatoms. The molecule has 1 atom stereocenters. The van der Waals surface area contributed by atoms with Crippen molar-refractivity contribution in [2.24, 2.45) is 5.92 Å². The summed E-state index contributed by atoms with van der Waals surface area (Å²) in [4.78, 5) is 11.5. The third kappa shape index (κ3) is 2.72. The minimum atomic E-state index is 0.501. The maximum absolute atomic E-state index is 6.03. The van der Waals surface area contributed by atoms with Crippen LogP contribution >= 0.6 is 11.6 Å². The highest BCUT2D eigenvalue weighted by Gasteiger charge is 2.22. The fraction of sp³-hybridized carbons (Fsp3) is 0.467. The van der Waals surface area contributed by atoms with Crippen LogP contribution in [0.25, 0.3) is 11.0 Å². The van der Waals surface area contributed by atoms with E-state index in [1.165, 1.54) is 0 Å². The van der Waals surface area contributed by atoms with Crippen LogP contribution in [0, 0.1) is 5.92 Å². The van der Waals surface area contributed by atoms with E-state index in [9.17, 15) is 0 Å². The molecule has 3 rings (SSSR count). The molecule has 0 radical (unpaired) electrons. The van der Waals surface area contributed by atoms with Gasteiger partial charge in [-0.1, -0.05) is 25.4 Å². The first-order valence-electron chi connectivity index (χ1n) is 7.04. The van der Waals surface area contributed by atoms with E-state index in [1.807, 2.05) is 24.4 Å². The molecule has 106 valence electrons. The number of piperazine rings is 1. The smallest absolute Gasteiger partial charge is 0.147 e. The molecule has 0 amide bonds. The molecular weight excluding hydrogens is 272 g/mol. The van der Waals surface area contributed by atoms with E-state index in [0.717, 1.165) is 36.5 Å². The van der Waals surface area contributed by atoms with Crippen LogP contribution in [-0.4, -0.2) is 35.6 Å². The van der Waals surface area contributed by atoms with Crippen molar-refractivity contribution in [3.8, 4) is 0 Å². The molecule has 1 N–H and O–H groups in total. The molecule has 1 aromatic carbocycles. The number of aromatic nitrogens is 2. The average Bonchev–Trinajstić information content (AvgIpc) is 2.46. The van der Waals surface area contributed by atoms with Gasteiger partial charge in [-0.25, -0.2) is 4.98 Å². The van der Waals surface area contributed by atoms with Gasteiger partial charge in [0.05, 0.1) is 17.2 Å². The summed E-state index contributed by atoms with van der Waals surface area (Å²) in [6, 6.07) is 6.12. The SMILES string of the molecule is CC(C)[C@@H]1CN(c2cnc3ccc(Cl)cc3n2)CCN1. The highest BCUT2D eigenvalue weighted by molar-refractivity contribution is 6.31. The van der Waals surface area contributed by atoms with Gasteiger partial charge in [-0.05, 0) is 24.1 Å². The van der Waals surface area contributed by atoms with Crippen molar-refractivity contribution in [1.82, 2.24) is 15.3 Å². The van der Waals surface area contributed by atoms with Crippen LogP contribution in [0.1, 0.15) is 13.8 Å². The second-order valence-electron chi connectivity index (χ2n) is 5.61. The van der Waals surface area contributed by atoms with E-state index in [4.69, 9.17) is 16.6 Å². The van der Waals surface area contributed by atoms with Crippen molar-refractivity contribution < 1.29 is 0 Å². The van der Waals surface area contributed by atoms with Crippen LogP contribution in [0.5, 0.6) is 0 Å². The van der Waals surface area contributed by atoms with Gasteiger partial charge in [0.15, 0.2) is 0 Å². The van der Waals surface area contributed by atoms with E-state index in [-0.39, 0.29) is 0 Å². The first kappa shape index (κ1) is 13.6. The Hall–Kier alpha value is -1.39. The summed E-state index contributed by atoms with van der Waals surface area (Å²) in [5, 5.41) is 4.25. The Morgan fingerprint density at radius 2 is 2.20 bits per heavy atom.